The highest BCUT2D eigenvalue weighted by atomic mass is 35.5. The topological polar surface area (TPSA) is 17.8 Å². The minimum Gasteiger partial charge on any atom is -0.294 e. The van der Waals surface area contributed by atoms with Crippen molar-refractivity contribution in [3.05, 3.63) is 58.6 Å². The summed E-state index contributed by atoms with van der Waals surface area (Å²) in [6.07, 6.45) is 0. The number of hydrogen-bond acceptors (Lipinski definition) is 1. The summed E-state index contributed by atoms with van der Waals surface area (Å²) in [5.74, 6) is -3.75. The number of nitrogens with zero attached hydrogens (tertiary/aromatic N) is 2. The molecule has 21 heavy (non-hydrogen) atoms. The average molecular weight is 331 g/mol. The number of imidazole rings is 1. The van der Waals surface area contributed by atoms with Crippen molar-refractivity contribution in [2.45, 2.75) is 5.88 Å². The first-order chi connectivity index (χ1) is 10.0. The molecular weight excluding hydrogens is 324 g/mol. The molecule has 1 aromatic heterocycles. The lowest BCUT2D eigenvalue weighted by molar-refractivity contribution is 0.446. The fraction of sp³-hybridized carbons (Fsp3) is 0.0714. The molecule has 0 amide bonds. The fourth-order valence-corrected chi connectivity index (χ4v) is 2.61. The summed E-state index contributed by atoms with van der Waals surface area (Å²) in [6.45, 7) is 0. The van der Waals surface area contributed by atoms with E-state index in [1.165, 1.54) is 4.57 Å². The third kappa shape index (κ3) is 2.26. The van der Waals surface area contributed by atoms with Gasteiger partial charge >= 0.3 is 0 Å². The SMILES string of the molecule is Fc1cc(-n2c(CCl)nc3cccc(Cl)c32)cc(F)c1F. The van der Waals surface area contributed by atoms with E-state index in [4.69, 9.17) is 23.2 Å². The van der Waals surface area contributed by atoms with E-state index in [9.17, 15) is 13.2 Å². The van der Waals surface area contributed by atoms with Gasteiger partial charge in [0.25, 0.3) is 0 Å². The van der Waals surface area contributed by atoms with Gasteiger partial charge in [0, 0.05) is 12.1 Å². The van der Waals surface area contributed by atoms with Gasteiger partial charge in [-0.15, -0.1) is 11.6 Å². The predicted molar refractivity (Wildman–Crippen MR) is 75.5 cm³/mol. The van der Waals surface area contributed by atoms with Crippen LogP contribution in [0.5, 0.6) is 0 Å². The molecule has 0 radical (unpaired) electrons. The molecule has 3 rings (SSSR count). The van der Waals surface area contributed by atoms with Crippen LogP contribution in [0.25, 0.3) is 16.7 Å². The van der Waals surface area contributed by atoms with E-state index in [2.05, 4.69) is 4.98 Å². The number of benzene rings is 2. The maximum absolute atomic E-state index is 13.5. The molecular formula is C14H7Cl2F3N2. The van der Waals surface area contributed by atoms with E-state index < -0.39 is 17.5 Å². The number of alkyl halides is 1. The van der Waals surface area contributed by atoms with Crippen molar-refractivity contribution < 1.29 is 13.2 Å². The molecule has 0 atom stereocenters. The second kappa shape index (κ2) is 5.24. The zero-order valence-corrected chi connectivity index (χ0v) is 11.9. The van der Waals surface area contributed by atoms with E-state index >= 15 is 0 Å². The van der Waals surface area contributed by atoms with Gasteiger partial charge in [-0.05, 0) is 12.1 Å². The summed E-state index contributed by atoms with van der Waals surface area (Å²) in [5, 5.41) is 0.349. The minimum absolute atomic E-state index is 0.00558. The van der Waals surface area contributed by atoms with Crippen LogP contribution in [0.15, 0.2) is 30.3 Å². The summed E-state index contributed by atoms with van der Waals surface area (Å²) in [6, 6.07) is 6.77. The lowest BCUT2D eigenvalue weighted by Gasteiger charge is -2.09. The quantitative estimate of drug-likeness (QED) is 0.486. The molecule has 0 saturated carbocycles. The Bertz CT molecular complexity index is 823. The molecule has 0 N–H and O–H groups in total. The molecule has 0 aliphatic heterocycles. The van der Waals surface area contributed by atoms with Crippen LogP contribution in [0.3, 0.4) is 0 Å². The summed E-state index contributed by atoms with van der Waals surface area (Å²) in [4.78, 5) is 4.26. The number of halogens is 5. The fourth-order valence-electron chi connectivity index (χ4n) is 2.17. The molecule has 3 aromatic rings. The highest BCUT2D eigenvalue weighted by molar-refractivity contribution is 6.35. The first-order valence-corrected chi connectivity index (χ1v) is 6.81. The first kappa shape index (κ1) is 14.2. The Morgan fingerprint density at radius 3 is 2.38 bits per heavy atom. The van der Waals surface area contributed by atoms with E-state index in [0.717, 1.165) is 12.1 Å². The lowest BCUT2D eigenvalue weighted by Crippen LogP contribution is -2.03. The van der Waals surface area contributed by atoms with E-state index in [1.54, 1.807) is 18.2 Å². The van der Waals surface area contributed by atoms with Crippen molar-refractivity contribution in [1.29, 1.82) is 0 Å². The van der Waals surface area contributed by atoms with Crippen molar-refractivity contribution >= 4 is 34.2 Å². The molecule has 2 aromatic carbocycles. The molecule has 0 aliphatic rings. The van der Waals surface area contributed by atoms with Gasteiger partial charge in [0.05, 0.1) is 27.6 Å². The van der Waals surface area contributed by atoms with Crippen molar-refractivity contribution in [2.75, 3.05) is 0 Å². The number of fused-ring (bicyclic) bond motifs is 1. The molecule has 108 valence electrons. The van der Waals surface area contributed by atoms with Gasteiger partial charge in [0.2, 0.25) is 0 Å². The Kier molecular flexibility index (Phi) is 3.55. The van der Waals surface area contributed by atoms with Crippen LogP contribution in [0.2, 0.25) is 5.02 Å². The Morgan fingerprint density at radius 1 is 1.10 bits per heavy atom. The van der Waals surface area contributed by atoms with Crippen molar-refractivity contribution in [3.8, 4) is 5.69 Å². The van der Waals surface area contributed by atoms with E-state index in [0.29, 0.717) is 21.9 Å². The number of hydrogen-bond donors (Lipinski definition) is 0. The van der Waals surface area contributed by atoms with Gasteiger partial charge in [0.15, 0.2) is 17.5 Å². The van der Waals surface area contributed by atoms with Crippen LogP contribution >= 0.6 is 23.2 Å². The van der Waals surface area contributed by atoms with Gasteiger partial charge in [0.1, 0.15) is 5.82 Å². The number of aromatic nitrogens is 2. The van der Waals surface area contributed by atoms with Crippen LogP contribution in [0.4, 0.5) is 13.2 Å². The van der Waals surface area contributed by atoms with E-state index in [1.807, 2.05) is 0 Å². The van der Waals surface area contributed by atoms with Crippen LogP contribution in [-0.4, -0.2) is 9.55 Å². The summed E-state index contributed by atoms with van der Waals surface area (Å²) in [7, 11) is 0. The van der Waals surface area contributed by atoms with Gasteiger partial charge in [-0.1, -0.05) is 17.7 Å². The smallest absolute Gasteiger partial charge is 0.194 e. The van der Waals surface area contributed by atoms with Crippen LogP contribution in [0, 0.1) is 17.5 Å². The molecule has 0 saturated heterocycles. The third-order valence-corrected chi connectivity index (χ3v) is 3.59. The molecule has 2 nitrogen and oxygen atoms in total. The van der Waals surface area contributed by atoms with Crippen molar-refractivity contribution in [3.63, 3.8) is 0 Å². The summed E-state index contributed by atoms with van der Waals surface area (Å²) in [5.41, 5.74) is 1.06. The van der Waals surface area contributed by atoms with Gasteiger partial charge < -0.3 is 0 Å². The second-order valence-corrected chi connectivity index (χ2v) is 5.00. The maximum Gasteiger partial charge on any atom is 0.194 e. The Hall–Kier alpha value is -1.72. The first-order valence-electron chi connectivity index (χ1n) is 5.89. The molecule has 0 unspecified atom stereocenters. The summed E-state index contributed by atoms with van der Waals surface area (Å²) < 4.78 is 41.4. The molecule has 0 bridgehead atoms. The maximum atomic E-state index is 13.5. The van der Waals surface area contributed by atoms with Crippen LogP contribution < -0.4 is 0 Å². The number of rotatable bonds is 2. The monoisotopic (exact) mass is 330 g/mol. The van der Waals surface area contributed by atoms with Crippen molar-refractivity contribution in [1.82, 2.24) is 9.55 Å². The van der Waals surface area contributed by atoms with Crippen molar-refractivity contribution in [2.24, 2.45) is 0 Å². The van der Waals surface area contributed by atoms with E-state index in [-0.39, 0.29) is 11.6 Å². The lowest BCUT2D eigenvalue weighted by atomic mass is 10.2. The Balaban J connectivity index is 2.39. The second-order valence-electron chi connectivity index (χ2n) is 4.33. The van der Waals surface area contributed by atoms with Gasteiger partial charge in [-0.25, -0.2) is 18.2 Å². The van der Waals surface area contributed by atoms with Crippen LogP contribution in [0.1, 0.15) is 5.82 Å². The zero-order valence-electron chi connectivity index (χ0n) is 10.4. The minimum atomic E-state index is -1.53. The normalized spacial score (nSPS) is 11.3. The predicted octanol–water partition coefficient (Wildman–Crippen LogP) is 4.84. The highest BCUT2D eigenvalue weighted by Crippen LogP contribution is 2.29. The molecule has 0 spiro atoms. The third-order valence-electron chi connectivity index (χ3n) is 3.04. The Morgan fingerprint density at radius 2 is 1.76 bits per heavy atom. The highest BCUT2D eigenvalue weighted by Gasteiger charge is 2.18. The molecule has 0 aliphatic carbocycles. The Labute approximate surface area is 127 Å². The molecule has 1 heterocycles. The van der Waals surface area contributed by atoms with Gasteiger partial charge in [-0.3, -0.25) is 4.57 Å². The zero-order chi connectivity index (χ0) is 15.1. The average Bonchev–Trinajstić information content (AvgIpc) is 2.84. The summed E-state index contributed by atoms with van der Waals surface area (Å²) >= 11 is 12.0. The van der Waals surface area contributed by atoms with Crippen LogP contribution in [-0.2, 0) is 5.88 Å². The molecule has 0 fully saturated rings. The number of para-hydroxylation sites is 1. The standard InChI is InChI=1S/C14H7Cl2F3N2/c15-6-12-20-11-3-1-2-8(16)14(11)21(12)7-4-9(17)13(19)10(18)5-7/h1-5H,6H2. The van der Waals surface area contributed by atoms with Gasteiger partial charge in [-0.2, -0.15) is 0 Å². The largest absolute Gasteiger partial charge is 0.294 e. The molecule has 7 heteroatoms.